The molecular formula is C23H22O3. The molecule has 0 saturated carbocycles. The lowest BCUT2D eigenvalue weighted by molar-refractivity contribution is -0.148. The number of ether oxygens (including phenoxy) is 2. The maximum atomic E-state index is 12.9. The molecule has 1 unspecified atom stereocenters. The summed E-state index contributed by atoms with van der Waals surface area (Å²) in [6.45, 7) is 2.31. The van der Waals surface area contributed by atoms with Crippen molar-refractivity contribution in [3.8, 4) is 5.75 Å². The number of carbonyl (C=O) groups excluding carboxylic acids is 1. The molecule has 3 heteroatoms. The van der Waals surface area contributed by atoms with Crippen LogP contribution in [-0.2, 0) is 9.53 Å². The Labute approximate surface area is 154 Å². The van der Waals surface area contributed by atoms with Crippen LogP contribution in [0.3, 0.4) is 0 Å². The number of benzene rings is 3. The molecule has 0 aliphatic rings. The second kappa shape index (κ2) is 8.97. The summed E-state index contributed by atoms with van der Waals surface area (Å²) >= 11 is 0. The quantitative estimate of drug-likeness (QED) is 0.454. The van der Waals surface area contributed by atoms with Gasteiger partial charge in [-0.1, -0.05) is 78.9 Å². The number of hydrogen-bond acceptors (Lipinski definition) is 3. The Kier molecular flexibility index (Phi) is 6.18. The molecule has 3 nitrogen and oxygen atoms in total. The van der Waals surface area contributed by atoms with Crippen LogP contribution in [-0.4, -0.2) is 18.7 Å². The van der Waals surface area contributed by atoms with Gasteiger partial charge in [-0.2, -0.15) is 0 Å². The van der Waals surface area contributed by atoms with Crippen LogP contribution >= 0.6 is 0 Å². The minimum Gasteiger partial charge on any atom is -0.425 e. The number of esters is 1. The van der Waals surface area contributed by atoms with Crippen molar-refractivity contribution in [1.82, 2.24) is 0 Å². The zero-order valence-corrected chi connectivity index (χ0v) is 14.7. The Bertz CT molecular complexity index is 761. The Hall–Kier alpha value is -2.91. The second-order valence-electron chi connectivity index (χ2n) is 5.91. The third-order valence-electron chi connectivity index (χ3n) is 4.16. The van der Waals surface area contributed by atoms with Gasteiger partial charge >= 0.3 is 5.97 Å². The Morgan fingerprint density at radius 1 is 0.769 bits per heavy atom. The number of hydrogen-bond donors (Lipinski definition) is 0. The maximum Gasteiger partial charge on any atom is 0.341 e. The fourth-order valence-corrected chi connectivity index (χ4v) is 3.01. The van der Waals surface area contributed by atoms with Crippen molar-refractivity contribution in [2.45, 2.75) is 18.9 Å². The fourth-order valence-electron chi connectivity index (χ4n) is 3.01. The van der Waals surface area contributed by atoms with E-state index in [1.54, 1.807) is 12.1 Å². The molecule has 0 saturated heterocycles. The molecule has 0 bridgehead atoms. The molecule has 1 atom stereocenters. The van der Waals surface area contributed by atoms with Crippen LogP contribution in [0.25, 0.3) is 0 Å². The van der Waals surface area contributed by atoms with Gasteiger partial charge in [0, 0.05) is 12.5 Å². The average Bonchev–Trinajstić information content (AvgIpc) is 2.70. The average molecular weight is 346 g/mol. The highest BCUT2D eigenvalue weighted by Gasteiger charge is 2.33. The second-order valence-corrected chi connectivity index (χ2v) is 5.91. The van der Waals surface area contributed by atoms with Gasteiger partial charge in [-0.3, -0.25) is 0 Å². The Balaban J connectivity index is 1.96. The van der Waals surface area contributed by atoms with Crippen molar-refractivity contribution >= 4 is 5.97 Å². The zero-order chi connectivity index (χ0) is 18.2. The highest BCUT2D eigenvalue weighted by Crippen LogP contribution is 2.31. The predicted octanol–water partition coefficient (Wildman–Crippen LogP) is 4.83. The summed E-state index contributed by atoms with van der Waals surface area (Å²) in [6.07, 6.45) is -0.731. The van der Waals surface area contributed by atoms with Gasteiger partial charge in [-0.05, 0) is 30.2 Å². The summed E-state index contributed by atoms with van der Waals surface area (Å²) in [5, 5.41) is 0. The van der Waals surface area contributed by atoms with E-state index in [-0.39, 0.29) is 5.92 Å². The molecule has 0 aromatic heterocycles. The third kappa shape index (κ3) is 4.38. The highest BCUT2D eigenvalue weighted by molar-refractivity contribution is 5.79. The van der Waals surface area contributed by atoms with E-state index >= 15 is 0 Å². The van der Waals surface area contributed by atoms with Crippen molar-refractivity contribution in [2.24, 2.45) is 0 Å². The topological polar surface area (TPSA) is 35.5 Å². The molecular weight excluding hydrogens is 324 g/mol. The van der Waals surface area contributed by atoms with Crippen LogP contribution in [0.5, 0.6) is 5.75 Å². The van der Waals surface area contributed by atoms with Crippen LogP contribution in [0.4, 0.5) is 0 Å². The Morgan fingerprint density at radius 2 is 1.23 bits per heavy atom. The molecule has 0 aliphatic heterocycles. The van der Waals surface area contributed by atoms with Gasteiger partial charge in [0.05, 0.1) is 0 Å². The Morgan fingerprint density at radius 3 is 1.69 bits per heavy atom. The van der Waals surface area contributed by atoms with Crippen molar-refractivity contribution in [3.05, 3.63) is 102 Å². The summed E-state index contributed by atoms with van der Waals surface area (Å²) in [6, 6.07) is 28.9. The van der Waals surface area contributed by atoms with Crippen molar-refractivity contribution in [2.75, 3.05) is 6.61 Å². The smallest absolute Gasteiger partial charge is 0.341 e. The van der Waals surface area contributed by atoms with E-state index in [1.165, 1.54) is 0 Å². The SMILES string of the molecule is CCOC(C(=O)Oc1ccccc1)C(c1ccccc1)c1ccccc1. The maximum absolute atomic E-state index is 12.9. The minimum absolute atomic E-state index is 0.242. The summed E-state index contributed by atoms with van der Waals surface area (Å²) in [4.78, 5) is 12.9. The molecule has 0 fully saturated rings. The fraction of sp³-hybridized carbons (Fsp3) is 0.174. The summed E-state index contributed by atoms with van der Waals surface area (Å²) in [7, 11) is 0. The lowest BCUT2D eigenvalue weighted by atomic mass is 9.86. The largest absolute Gasteiger partial charge is 0.425 e. The molecule has 0 heterocycles. The van der Waals surface area contributed by atoms with Gasteiger partial charge in [0.25, 0.3) is 0 Å². The summed E-state index contributed by atoms with van der Waals surface area (Å²) < 4.78 is 11.5. The van der Waals surface area contributed by atoms with E-state index in [9.17, 15) is 4.79 Å². The summed E-state index contributed by atoms with van der Waals surface area (Å²) in [5.41, 5.74) is 2.03. The van der Waals surface area contributed by atoms with Crippen LogP contribution < -0.4 is 4.74 Å². The van der Waals surface area contributed by atoms with E-state index in [0.717, 1.165) is 11.1 Å². The predicted molar refractivity (Wildman–Crippen MR) is 102 cm³/mol. The monoisotopic (exact) mass is 346 g/mol. The van der Waals surface area contributed by atoms with Gasteiger partial charge in [0.1, 0.15) is 5.75 Å². The van der Waals surface area contributed by atoms with Crippen molar-refractivity contribution in [3.63, 3.8) is 0 Å². The van der Waals surface area contributed by atoms with Crippen molar-refractivity contribution in [1.29, 1.82) is 0 Å². The molecule has 0 aliphatic carbocycles. The van der Waals surface area contributed by atoms with Crippen molar-refractivity contribution < 1.29 is 14.3 Å². The molecule has 0 N–H and O–H groups in total. The van der Waals surface area contributed by atoms with Gasteiger partial charge in [0.2, 0.25) is 0 Å². The molecule has 3 aromatic carbocycles. The normalized spacial score (nSPS) is 11.9. The molecule has 26 heavy (non-hydrogen) atoms. The molecule has 0 spiro atoms. The zero-order valence-electron chi connectivity index (χ0n) is 14.7. The summed E-state index contributed by atoms with van der Waals surface area (Å²) in [5.74, 6) is -0.119. The van der Waals surface area contributed by atoms with E-state index in [4.69, 9.17) is 9.47 Å². The molecule has 3 rings (SSSR count). The lowest BCUT2D eigenvalue weighted by Crippen LogP contribution is -2.35. The standard InChI is InChI=1S/C23H22O3/c1-2-25-22(23(24)26-20-16-10-5-11-17-20)21(18-12-6-3-7-13-18)19-14-8-4-9-15-19/h3-17,21-22H,2H2,1H3. The van der Waals surface area contributed by atoms with Gasteiger partial charge in [0.15, 0.2) is 6.10 Å². The first kappa shape index (κ1) is 17.9. The number of carbonyl (C=O) groups is 1. The molecule has 0 radical (unpaired) electrons. The van der Waals surface area contributed by atoms with Gasteiger partial charge in [-0.15, -0.1) is 0 Å². The van der Waals surface area contributed by atoms with E-state index in [2.05, 4.69) is 0 Å². The van der Waals surface area contributed by atoms with Gasteiger partial charge in [-0.25, -0.2) is 4.79 Å². The number of rotatable bonds is 7. The van der Waals surface area contributed by atoms with E-state index < -0.39 is 12.1 Å². The first-order valence-corrected chi connectivity index (χ1v) is 8.78. The molecule has 132 valence electrons. The van der Waals surface area contributed by atoms with E-state index in [1.807, 2.05) is 85.8 Å². The first-order chi connectivity index (χ1) is 12.8. The lowest BCUT2D eigenvalue weighted by Gasteiger charge is -2.26. The van der Waals surface area contributed by atoms with Crippen LogP contribution in [0.1, 0.15) is 24.0 Å². The van der Waals surface area contributed by atoms with Gasteiger partial charge < -0.3 is 9.47 Å². The minimum atomic E-state index is -0.731. The first-order valence-electron chi connectivity index (χ1n) is 8.78. The number of para-hydroxylation sites is 1. The third-order valence-corrected chi connectivity index (χ3v) is 4.16. The van der Waals surface area contributed by atoms with E-state index in [0.29, 0.717) is 12.4 Å². The highest BCUT2D eigenvalue weighted by atomic mass is 16.6. The molecule has 3 aromatic rings. The van der Waals surface area contributed by atoms with Crippen LogP contribution in [0, 0.1) is 0 Å². The van der Waals surface area contributed by atoms with Crippen LogP contribution in [0.15, 0.2) is 91.0 Å². The van der Waals surface area contributed by atoms with Crippen LogP contribution in [0.2, 0.25) is 0 Å². The molecule has 0 amide bonds.